The van der Waals surface area contributed by atoms with Crippen molar-refractivity contribution in [2.45, 2.75) is 6.42 Å². The second kappa shape index (κ2) is 5.72. The summed E-state index contributed by atoms with van der Waals surface area (Å²) < 4.78 is 2.35. The van der Waals surface area contributed by atoms with Crippen LogP contribution in [0.5, 0.6) is 0 Å². The van der Waals surface area contributed by atoms with Crippen molar-refractivity contribution < 1.29 is 0 Å². The Morgan fingerprint density at radius 2 is 1.36 bits per heavy atom. The third-order valence-corrected chi connectivity index (χ3v) is 5.78. The average molecular weight is 361 g/mol. The van der Waals surface area contributed by atoms with Crippen molar-refractivity contribution in [3.8, 4) is 5.69 Å². The zero-order valence-corrected chi connectivity index (χ0v) is 15.3. The molecule has 0 atom stereocenters. The molecule has 2 N–H and O–H groups in total. The molecular weight excluding hydrogens is 342 g/mol. The second-order valence-corrected chi connectivity index (χ2v) is 7.36. The van der Waals surface area contributed by atoms with Gasteiger partial charge in [-0.15, -0.1) is 0 Å². The van der Waals surface area contributed by atoms with Crippen LogP contribution in [0.2, 0.25) is 0 Å². The molecule has 0 radical (unpaired) electrons. The van der Waals surface area contributed by atoms with E-state index in [1.54, 1.807) is 0 Å². The molecule has 0 saturated carbocycles. The molecule has 0 aliphatic carbocycles. The van der Waals surface area contributed by atoms with E-state index in [4.69, 9.17) is 5.84 Å². The number of nitrogens with zero attached hydrogens (tertiary/aromatic N) is 2. The molecule has 1 aromatic heterocycles. The van der Waals surface area contributed by atoms with Crippen molar-refractivity contribution in [1.29, 1.82) is 0 Å². The molecule has 5 aromatic rings. The predicted octanol–water partition coefficient (Wildman–Crippen LogP) is 5.70. The van der Waals surface area contributed by atoms with Crippen molar-refractivity contribution in [3.63, 3.8) is 0 Å². The Kier molecular flexibility index (Phi) is 3.16. The first-order valence-corrected chi connectivity index (χ1v) is 9.55. The highest BCUT2D eigenvalue weighted by Crippen LogP contribution is 2.41. The largest absolute Gasteiger partial charge is 0.309 e. The first kappa shape index (κ1) is 15.5. The van der Waals surface area contributed by atoms with E-state index in [0.717, 1.165) is 17.8 Å². The molecule has 3 nitrogen and oxygen atoms in total. The summed E-state index contributed by atoms with van der Waals surface area (Å²) in [6.45, 7) is 0. The van der Waals surface area contributed by atoms with E-state index in [-0.39, 0.29) is 0 Å². The fourth-order valence-electron chi connectivity index (χ4n) is 4.50. The topological polar surface area (TPSA) is 34.2 Å². The molecule has 2 heterocycles. The maximum atomic E-state index is 6.54. The standard InChI is InChI=1S/C25H19N3/c26-28-22-12-6-4-8-17(22)14-18-15-25-21(16-24(18)28)20-11-5-7-13-23(20)27(25)19-9-2-1-3-10-19/h1-13,15-16H,14,26H2. The van der Waals surface area contributed by atoms with Gasteiger partial charge >= 0.3 is 0 Å². The first-order valence-electron chi connectivity index (χ1n) is 9.55. The molecule has 28 heavy (non-hydrogen) atoms. The number of fused-ring (bicyclic) bond motifs is 5. The van der Waals surface area contributed by atoms with Crippen LogP contribution in [0.1, 0.15) is 11.1 Å². The zero-order valence-electron chi connectivity index (χ0n) is 15.3. The van der Waals surface area contributed by atoms with Gasteiger partial charge in [-0.25, -0.2) is 5.84 Å². The summed E-state index contributed by atoms with van der Waals surface area (Å²) in [6.07, 6.45) is 0.894. The van der Waals surface area contributed by atoms with Crippen molar-refractivity contribution in [1.82, 2.24) is 4.57 Å². The fraction of sp³-hybridized carbons (Fsp3) is 0.0400. The van der Waals surface area contributed by atoms with Gasteiger partial charge in [-0.3, -0.25) is 5.01 Å². The van der Waals surface area contributed by atoms with Crippen LogP contribution in [-0.4, -0.2) is 4.57 Å². The number of rotatable bonds is 1. The molecule has 0 amide bonds. The molecule has 0 spiro atoms. The third kappa shape index (κ3) is 2.08. The van der Waals surface area contributed by atoms with Gasteiger partial charge in [0.15, 0.2) is 0 Å². The van der Waals surface area contributed by atoms with Crippen LogP contribution in [-0.2, 0) is 6.42 Å². The molecule has 0 saturated heterocycles. The maximum Gasteiger partial charge on any atom is 0.0618 e. The van der Waals surface area contributed by atoms with Crippen molar-refractivity contribution in [3.05, 3.63) is 102 Å². The molecule has 4 aromatic carbocycles. The summed E-state index contributed by atoms with van der Waals surface area (Å²) in [4.78, 5) is 0. The van der Waals surface area contributed by atoms with E-state index >= 15 is 0 Å². The third-order valence-electron chi connectivity index (χ3n) is 5.78. The van der Waals surface area contributed by atoms with Crippen LogP contribution >= 0.6 is 0 Å². The minimum absolute atomic E-state index is 0.894. The molecule has 0 unspecified atom stereocenters. The molecule has 134 valence electrons. The smallest absolute Gasteiger partial charge is 0.0618 e. The van der Waals surface area contributed by atoms with Gasteiger partial charge in [0, 0.05) is 22.9 Å². The van der Waals surface area contributed by atoms with E-state index in [0.29, 0.717) is 0 Å². The number of para-hydroxylation sites is 3. The van der Waals surface area contributed by atoms with E-state index in [2.05, 4.69) is 89.5 Å². The average Bonchev–Trinajstić information content (AvgIpc) is 3.07. The van der Waals surface area contributed by atoms with Gasteiger partial charge in [0.1, 0.15) is 0 Å². The lowest BCUT2D eigenvalue weighted by molar-refractivity contribution is 0.996. The van der Waals surface area contributed by atoms with E-state index < -0.39 is 0 Å². The van der Waals surface area contributed by atoms with Crippen LogP contribution in [0.3, 0.4) is 0 Å². The predicted molar refractivity (Wildman–Crippen MR) is 116 cm³/mol. The maximum absolute atomic E-state index is 6.54. The van der Waals surface area contributed by atoms with Gasteiger partial charge in [0.05, 0.1) is 22.4 Å². The Morgan fingerprint density at radius 1 is 0.607 bits per heavy atom. The number of aromatic nitrogens is 1. The number of nitrogens with two attached hydrogens (primary N) is 1. The minimum atomic E-state index is 0.894. The first-order chi connectivity index (χ1) is 13.8. The van der Waals surface area contributed by atoms with Crippen molar-refractivity contribution in [2.75, 3.05) is 5.01 Å². The highest BCUT2D eigenvalue weighted by Gasteiger charge is 2.23. The molecule has 1 aliphatic rings. The number of benzene rings is 4. The fourth-order valence-corrected chi connectivity index (χ4v) is 4.50. The summed E-state index contributed by atoms with van der Waals surface area (Å²) in [7, 11) is 0. The van der Waals surface area contributed by atoms with Gasteiger partial charge in [0.25, 0.3) is 0 Å². The summed E-state index contributed by atoms with van der Waals surface area (Å²) in [6, 6.07) is 32.1. The van der Waals surface area contributed by atoms with Gasteiger partial charge in [-0.2, -0.15) is 0 Å². The summed E-state index contributed by atoms with van der Waals surface area (Å²) in [5.41, 5.74) is 8.30. The normalized spacial score (nSPS) is 13.0. The molecule has 0 bridgehead atoms. The Labute approximate surface area is 163 Å². The van der Waals surface area contributed by atoms with E-state index in [9.17, 15) is 0 Å². The number of anilines is 2. The minimum Gasteiger partial charge on any atom is -0.309 e. The quantitative estimate of drug-likeness (QED) is 0.389. The molecule has 1 aliphatic heterocycles. The zero-order chi connectivity index (χ0) is 18.7. The van der Waals surface area contributed by atoms with Gasteiger partial charge < -0.3 is 4.57 Å². The van der Waals surface area contributed by atoms with E-state index in [1.165, 1.54) is 38.6 Å². The summed E-state index contributed by atoms with van der Waals surface area (Å²) in [5.74, 6) is 6.54. The van der Waals surface area contributed by atoms with Crippen LogP contribution in [0, 0.1) is 0 Å². The van der Waals surface area contributed by atoms with Crippen molar-refractivity contribution in [2.24, 2.45) is 5.84 Å². The Balaban J connectivity index is 1.70. The monoisotopic (exact) mass is 361 g/mol. The Morgan fingerprint density at radius 3 is 2.25 bits per heavy atom. The van der Waals surface area contributed by atoms with Crippen LogP contribution in [0.15, 0.2) is 91.0 Å². The molecular formula is C25H19N3. The lowest BCUT2D eigenvalue weighted by Gasteiger charge is -2.29. The van der Waals surface area contributed by atoms with Crippen LogP contribution in [0.4, 0.5) is 11.4 Å². The van der Waals surface area contributed by atoms with Gasteiger partial charge in [-0.05, 0) is 47.5 Å². The number of hydrogen-bond donors (Lipinski definition) is 1. The highest BCUT2D eigenvalue weighted by atomic mass is 15.4. The van der Waals surface area contributed by atoms with Crippen LogP contribution < -0.4 is 10.9 Å². The Hall–Kier alpha value is -3.56. The van der Waals surface area contributed by atoms with Gasteiger partial charge in [-0.1, -0.05) is 54.6 Å². The molecule has 0 fully saturated rings. The van der Waals surface area contributed by atoms with Crippen molar-refractivity contribution >= 4 is 33.2 Å². The Bertz CT molecular complexity index is 1350. The van der Waals surface area contributed by atoms with Crippen LogP contribution in [0.25, 0.3) is 27.5 Å². The molecule has 3 heteroatoms. The summed E-state index contributed by atoms with van der Waals surface area (Å²) >= 11 is 0. The second-order valence-electron chi connectivity index (χ2n) is 7.36. The lowest BCUT2D eigenvalue weighted by atomic mass is 9.95. The van der Waals surface area contributed by atoms with E-state index in [1.807, 2.05) is 11.1 Å². The van der Waals surface area contributed by atoms with Gasteiger partial charge in [0.2, 0.25) is 0 Å². The lowest BCUT2D eigenvalue weighted by Crippen LogP contribution is -2.29. The number of hydrogen-bond acceptors (Lipinski definition) is 2. The highest BCUT2D eigenvalue weighted by molar-refractivity contribution is 6.11. The summed E-state index contributed by atoms with van der Waals surface area (Å²) in [5, 5.41) is 4.31. The molecule has 6 rings (SSSR count). The number of hydrazine groups is 1. The SMILES string of the molecule is NN1c2ccccc2Cc2cc3c(cc21)c1ccccc1n3-c1ccccc1.